The minimum Gasteiger partial charge on any atom is -0.455 e. The van der Waals surface area contributed by atoms with Gasteiger partial charge in [0.05, 0.1) is 5.71 Å². The number of nitrogens with zero attached hydrogens (tertiary/aromatic N) is 1. The van der Waals surface area contributed by atoms with Crippen molar-refractivity contribution in [1.82, 2.24) is 5.43 Å². The molecule has 3 aromatic rings. The number of halogens is 1. The molecule has 0 atom stereocenters. The maximum Gasteiger partial charge on any atom is 0.291 e. The van der Waals surface area contributed by atoms with E-state index in [1.807, 2.05) is 25.1 Å². The highest BCUT2D eigenvalue weighted by Crippen LogP contribution is 2.30. The van der Waals surface area contributed by atoms with Crippen LogP contribution in [0.2, 0.25) is 0 Å². The first-order valence-electron chi connectivity index (χ1n) is 9.64. The first kappa shape index (κ1) is 19.6. The number of rotatable bonds is 4. The Kier molecular flexibility index (Phi) is 5.43. The van der Waals surface area contributed by atoms with Gasteiger partial charge in [0.1, 0.15) is 11.6 Å². The normalized spacial score (nSPS) is 14.3. The van der Waals surface area contributed by atoms with Crippen LogP contribution in [0.1, 0.15) is 50.6 Å². The Morgan fingerprint density at radius 1 is 1.00 bits per heavy atom. The molecule has 4 rings (SSSR count). The topological polar surface area (TPSA) is 83.7 Å². The summed E-state index contributed by atoms with van der Waals surface area (Å²) in [7, 11) is 0. The average molecular weight is 405 g/mol. The molecule has 6 nitrogen and oxygen atoms in total. The summed E-state index contributed by atoms with van der Waals surface area (Å²) in [4.78, 5) is 25.0. The van der Waals surface area contributed by atoms with E-state index in [-0.39, 0.29) is 11.7 Å². The van der Waals surface area contributed by atoms with E-state index in [9.17, 15) is 14.0 Å². The van der Waals surface area contributed by atoms with Gasteiger partial charge in [0, 0.05) is 28.8 Å². The van der Waals surface area contributed by atoms with Crippen molar-refractivity contribution < 1.29 is 18.4 Å². The van der Waals surface area contributed by atoms with Gasteiger partial charge in [-0.05, 0) is 56.2 Å². The van der Waals surface area contributed by atoms with Crippen LogP contribution in [0, 0.1) is 12.7 Å². The van der Waals surface area contributed by atoms with E-state index in [0.717, 1.165) is 12.0 Å². The number of carbonyl (C=O) groups is 2. The lowest BCUT2D eigenvalue weighted by atomic mass is 9.93. The molecular formula is C23H20FN3O3. The highest BCUT2D eigenvalue weighted by Gasteiger charge is 2.28. The number of anilines is 1. The molecule has 2 aromatic carbocycles. The van der Waals surface area contributed by atoms with Crippen molar-refractivity contribution in [3.05, 3.63) is 88.6 Å². The van der Waals surface area contributed by atoms with E-state index in [4.69, 9.17) is 4.42 Å². The predicted molar refractivity (Wildman–Crippen MR) is 111 cm³/mol. The summed E-state index contributed by atoms with van der Waals surface area (Å²) < 4.78 is 18.9. The number of benzene rings is 2. The molecular weight excluding hydrogens is 385 g/mol. The van der Waals surface area contributed by atoms with Gasteiger partial charge in [0.2, 0.25) is 0 Å². The van der Waals surface area contributed by atoms with Crippen LogP contribution in [0.5, 0.6) is 0 Å². The highest BCUT2D eigenvalue weighted by molar-refractivity contribution is 6.09. The number of hydrazone groups is 1. The highest BCUT2D eigenvalue weighted by atomic mass is 19.1. The number of furan rings is 1. The zero-order valence-electron chi connectivity index (χ0n) is 16.4. The minimum absolute atomic E-state index is 0.239. The molecule has 1 heterocycles. The summed E-state index contributed by atoms with van der Waals surface area (Å²) >= 11 is 0. The van der Waals surface area contributed by atoms with E-state index < -0.39 is 11.7 Å². The molecule has 0 saturated heterocycles. The van der Waals surface area contributed by atoms with Gasteiger partial charge < -0.3 is 9.73 Å². The molecule has 0 fully saturated rings. The van der Waals surface area contributed by atoms with E-state index in [1.54, 1.807) is 12.1 Å². The fourth-order valence-electron chi connectivity index (χ4n) is 3.49. The number of carbonyl (C=O) groups excluding carboxylic acids is 2. The minimum atomic E-state index is -0.433. The van der Waals surface area contributed by atoms with Crippen molar-refractivity contribution in [2.24, 2.45) is 5.10 Å². The number of aryl methyl sites for hydroxylation is 1. The fraction of sp³-hybridized carbons (Fsp3) is 0.174. The molecule has 152 valence electrons. The summed E-state index contributed by atoms with van der Waals surface area (Å²) in [6, 6.07) is 14.4. The third-order valence-corrected chi connectivity index (χ3v) is 4.96. The van der Waals surface area contributed by atoms with Crippen molar-refractivity contribution in [1.29, 1.82) is 0 Å². The van der Waals surface area contributed by atoms with Gasteiger partial charge in [0.25, 0.3) is 11.8 Å². The van der Waals surface area contributed by atoms with Gasteiger partial charge in [-0.25, -0.2) is 9.82 Å². The zero-order valence-corrected chi connectivity index (χ0v) is 16.4. The van der Waals surface area contributed by atoms with Gasteiger partial charge in [0.15, 0.2) is 5.76 Å². The molecule has 2 amide bonds. The van der Waals surface area contributed by atoms with E-state index >= 15 is 0 Å². The third-order valence-electron chi connectivity index (χ3n) is 4.96. The van der Waals surface area contributed by atoms with E-state index in [2.05, 4.69) is 15.8 Å². The van der Waals surface area contributed by atoms with Crippen LogP contribution in [-0.4, -0.2) is 17.5 Å². The van der Waals surface area contributed by atoms with Crippen LogP contribution in [-0.2, 0) is 6.42 Å². The van der Waals surface area contributed by atoms with Crippen molar-refractivity contribution in [3.63, 3.8) is 0 Å². The zero-order chi connectivity index (χ0) is 21.1. The van der Waals surface area contributed by atoms with E-state index in [0.29, 0.717) is 41.1 Å². The van der Waals surface area contributed by atoms with Crippen molar-refractivity contribution >= 4 is 23.2 Å². The molecule has 0 spiro atoms. The molecule has 0 saturated carbocycles. The summed E-state index contributed by atoms with van der Waals surface area (Å²) in [5, 5.41) is 7.10. The van der Waals surface area contributed by atoms with E-state index in [1.165, 1.54) is 24.3 Å². The largest absolute Gasteiger partial charge is 0.455 e. The second-order valence-electron chi connectivity index (χ2n) is 7.03. The number of amides is 2. The Morgan fingerprint density at radius 3 is 2.47 bits per heavy atom. The van der Waals surface area contributed by atoms with Crippen LogP contribution < -0.4 is 10.7 Å². The third kappa shape index (κ3) is 4.00. The van der Waals surface area contributed by atoms with Crippen LogP contribution in [0.25, 0.3) is 0 Å². The fourth-order valence-corrected chi connectivity index (χ4v) is 3.49. The number of hydrogen-bond acceptors (Lipinski definition) is 4. The predicted octanol–water partition coefficient (Wildman–Crippen LogP) is 4.45. The van der Waals surface area contributed by atoms with Crippen molar-refractivity contribution in [2.75, 3.05) is 5.32 Å². The van der Waals surface area contributed by atoms with Gasteiger partial charge in [-0.3, -0.25) is 9.59 Å². The maximum absolute atomic E-state index is 13.0. The second kappa shape index (κ2) is 8.32. The Hall–Kier alpha value is -3.74. The molecule has 1 aliphatic carbocycles. The maximum atomic E-state index is 13.0. The lowest BCUT2D eigenvalue weighted by Gasteiger charge is -2.13. The lowest BCUT2D eigenvalue weighted by Crippen LogP contribution is -2.22. The standard InChI is InChI=1S/C23H20FN3O3/c1-14-20-18(26-27-22(28)15-10-12-16(24)13-11-15)8-5-9-19(20)30-21(14)23(29)25-17-6-3-2-4-7-17/h2-4,6-7,10-13H,5,8-9H2,1H3,(H,25,29)(H,27,28)/b26-18+. The van der Waals surface area contributed by atoms with Gasteiger partial charge in [-0.15, -0.1) is 0 Å². The lowest BCUT2D eigenvalue weighted by molar-refractivity contribution is 0.0953. The molecule has 7 heteroatoms. The number of nitrogens with one attached hydrogen (secondary N) is 2. The number of fused-ring (bicyclic) bond motifs is 1. The number of para-hydroxylation sites is 1. The summed E-state index contributed by atoms with van der Waals surface area (Å²) in [5.74, 6) is -0.249. The van der Waals surface area contributed by atoms with Gasteiger partial charge in [-0.2, -0.15) is 5.10 Å². The van der Waals surface area contributed by atoms with Crippen LogP contribution >= 0.6 is 0 Å². The summed E-state index contributed by atoms with van der Waals surface area (Å²) in [5.41, 5.74) is 5.62. The Morgan fingerprint density at radius 2 is 1.73 bits per heavy atom. The first-order chi connectivity index (χ1) is 14.5. The summed E-state index contributed by atoms with van der Waals surface area (Å²) in [6.45, 7) is 1.81. The SMILES string of the molecule is Cc1c(C(=O)Nc2ccccc2)oc2c1/C(=N/NC(=O)c1ccc(F)cc1)CCC2. The molecule has 30 heavy (non-hydrogen) atoms. The van der Waals surface area contributed by atoms with Crippen LogP contribution in [0.4, 0.5) is 10.1 Å². The quantitative estimate of drug-likeness (QED) is 0.629. The van der Waals surface area contributed by atoms with Crippen molar-refractivity contribution in [3.8, 4) is 0 Å². The molecule has 0 radical (unpaired) electrons. The molecule has 2 N–H and O–H groups in total. The molecule has 0 aliphatic heterocycles. The van der Waals surface area contributed by atoms with Gasteiger partial charge in [-0.1, -0.05) is 18.2 Å². The first-order valence-corrected chi connectivity index (χ1v) is 9.64. The second-order valence-corrected chi connectivity index (χ2v) is 7.03. The Balaban J connectivity index is 1.56. The molecule has 1 aromatic heterocycles. The summed E-state index contributed by atoms with van der Waals surface area (Å²) in [6.07, 6.45) is 2.14. The molecule has 1 aliphatic rings. The van der Waals surface area contributed by atoms with Crippen molar-refractivity contribution in [2.45, 2.75) is 26.2 Å². The smallest absolute Gasteiger partial charge is 0.291 e. The number of hydrogen-bond donors (Lipinski definition) is 2. The molecule has 0 bridgehead atoms. The Labute approximate surface area is 172 Å². The van der Waals surface area contributed by atoms with Crippen LogP contribution in [0.15, 0.2) is 64.1 Å². The van der Waals surface area contributed by atoms with Gasteiger partial charge >= 0.3 is 0 Å². The average Bonchev–Trinajstić information content (AvgIpc) is 3.10. The monoisotopic (exact) mass is 405 g/mol. The molecule has 0 unspecified atom stereocenters. The van der Waals surface area contributed by atoms with Crippen LogP contribution in [0.3, 0.4) is 0 Å². The Bertz CT molecular complexity index is 1120.